The minimum absolute atomic E-state index is 0.0550. The summed E-state index contributed by atoms with van der Waals surface area (Å²) < 4.78 is 0.781. The summed E-state index contributed by atoms with van der Waals surface area (Å²) in [6.45, 7) is 0. The standard InChI is InChI=1S/C6H4BrN3/c7-5-3-9-6-4(10-5)1-2-8-6/h1-4H. The topological polar surface area (TPSA) is 37.1 Å². The van der Waals surface area contributed by atoms with Crippen LogP contribution in [-0.2, 0) is 0 Å². The van der Waals surface area contributed by atoms with Crippen molar-refractivity contribution < 1.29 is 0 Å². The molecule has 2 aliphatic heterocycles. The van der Waals surface area contributed by atoms with Crippen LogP contribution in [0.3, 0.4) is 0 Å². The van der Waals surface area contributed by atoms with Crippen LogP contribution in [0, 0.1) is 0 Å². The number of rotatable bonds is 0. The van der Waals surface area contributed by atoms with Gasteiger partial charge in [-0.2, -0.15) is 0 Å². The van der Waals surface area contributed by atoms with Crippen LogP contribution in [0.2, 0.25) is 0 Å². The van der Waals surface area contributed by atoms with Gasteiger partial charge in [-0.3, -0.25) is 4.99 Å². The molecule has 0 fully saturated rings. The van der Waals surface area contributed by atoms with E-state index in [4.69, 9.17) is 0 Å². The summed E-state index contributed by atoms with van der Waals surface area (Å²) in [4.78, 5) is 12.3. The van der Waals surface area contributed by atoms with Gasteiger partial charge in [0.15, 0.2) is 5.84 Å². The Balaban J connectivity index is 2.39. The third-order valence-electron chi connectivity index (χ3n) is 1.31. The molecule has 0 saturated carbocycles. The summed E-state index contributed by atoms with van der Waals surface area (Å²) in [5, 5.41) is 0. The molecule has 0 saturated heterocycles. The highest BCUT2D eigenvalue weighted by Gasteiger charge is 2.17. The number of amidine groups is 1. The van der Waals surface area contributed by atoms with Crippen molar-refractivity contribution in [1.29, 1.82) is 0 Å². The molecule has 2 rings (SSSR count). The normalized spacial score (nSPS) is 27.9. The van der Waals surface area contributed by atoms with Crippen molar-refractivity contribution in [2.24, 2.45) is 15.0 Å². The van der Waals surface area contributed by atoms with Crippen molar-refractivity contribution >= 4 is 32.6 Å². The van der Waals surface area contributed by atoms with Crippen LogP contribution in [-0.4, -0.2) is 22.7 Å². The van der Waals surface area contributed by atoms with Gasteiger partial charge in [0, 0.05) is 6.20 Å². The maximum absolute atomic E-state index is 4.21. The molecular formula is C6H4BrN3. The van der Waals surface area contributed by atoms with Crippen molar-refractivity contribution in [2.45, 2.75) is 6.04 Å². The fourth-order valence-electron chi connectivity index (χ4n) is 0.859. The van der Waals surface area contributed by atoms with E-state index in [1.807, 2.05) is 6.08 Å². The molecule has 10 heavy (non-hydrogen) atoms. The summed E-state index contributed by atoms with van der Waals surface area (Å²) in [5.41, 5.74) is 0. The molecular weight excluding hydrogens is 194 g/mol. The van der Waals surface area contributed by atoms with E-state index in [9.17, 15) is 0 Å². The summed E-state index contributed by atoms with van der Waals surface area (Å²) in [5.74, 6) is 0.781. The molecule has 0 bridgehead atoms. The van der Waals surface area contributed by atoms with E-state index in [-0.39, 0.29) is 6.04 Å². The smallest absolute Gasteiger partial charge is 0.156 e. The van der Waals surface area contributed by atoms with Crippen LogP contribution in [0.5, 0.6) is 0 Å². The lowest BCUT2D eigenvalue weighted by atomic mass is 10.3. The summed E-state index contributed by atoms with van der Waals surface area (Å²) >= 11 is 3.24. The van der Waals surface area contributed by atoms with E-state index in [1.54, 1.807) is 12.4 Å². The van der Waals surface area contributed by atoms with E-state index < -0.39 is 0 Å². The highest BCUT2D eigenvalue weighted by atomic mass is 79.9. The number of nitrogens with zero attached hydrogens (tertiary/aromatic N) is 3. The fourth-order valence-corrected chi connectivity index (χ4v) is 1.18. The minimum atomic E-state index is 0.0550. The molecule has 2 heterocycles. The Morgan fingerprint density at radius 2 is 2.40 bits per heavy atom. The Morgan fingerprint density at radius 3 is 3.30 bits per heavy atom. The maximum atomic E-state index is 4.21. The predicted molar refractivity (Wildman–Crippen MR) is 45.2 cm³/mol. The number of aliphatic imine (C=N–C) groups is 3. The van der Waals surface area contributed by atoms with Crippen LogP contribution in [0.4, 0.5) is 0 Å². The number of fused-ring (bicyclic) bond motifs is 1. The molecule has 50 valence electrons. The monoisotopic (exact) mass is 197 g/mol. The highest BCUT2D eigenvalue weighted by molar-refractivity contribution is 9.19. The molecule has 4 heteroatoms. The average Bonchev–Trinajstić information content (AvgIpc) is 2.33. The number of halogens is 1. The van der Waals surface area contributed by atoms with Crippen molar-refractivity contribution in [2.75, 3.05) is 0 Å². The summed E-state index contributed by atoms with van der Waals surface area (Å²) in [6.07, 6.45) is 5.29. The molecule has 2 aliphatic rings. The SMILES string of the molecule is BrC1=NC2C=CN=C2N=C1. The lowest BCUT2D eigenvalue weighted by Gasteiger charge is -2.06. The highest BCUT2D eigenvalue weighted by Crippen LogP contribution is 2.11. The molecule has 0 amide bonds. The molecule has 0 N–H and O–H groups in total. The van der Waals surface area contributed by atoms with E-state index in [2.05, 4.69) is 30.9 Å². The van der Waals surface area contributed by atoms with Gasteiger partial charge in [-0.25, -0.2) is 9.98 Å². The zero-order chi connectivity index (χ0) is 6.97. The second kappa shape index (κ2) is 2.12. The van der Waals surface area contributed by atoms with Gasteiger partial charge in [-0.15, -0.1) is 0 Å². The number of hydrogen-bond donors (Lipinski definition) is 0. The van der Waals surface area contributed by atoms with Crippen molar-refractivity contribution in [3.8, 4) is 0 Å². The molecule has 1 atom stereocenters. The van der Waals surface area contributed by atoms with E-state index in [0.717, 1.165) is 10.5 Å². The van der Waals surface area contributed by atoms with Gasteiger partial charge in [0.2, 0.25) is 0 Å². The molecule has 0 radical (unpaired) electrons. The molecule has 3 nitrogen and oxygen atoms in total. The quantitative estimate of drug-likeness (QED) is 0.560. The first-order valence-electron chi connectivity index (χ1n) is 2.88. The van der Waals surface area contributed by atoms with Gasteiger partial charge in [0.05, 0.1) is 6.21 Å². The van der Waals surface area contributed by atoms with Gasteiger partial charge >= 0.3 is 0 Å². The third-order valence-corrected chi connectivity index (χ3v) is 1.71. The van der Waals surface area contributed by atoms with Crippen LogP contribution in [0.1, 0.15) is 0 Å². The van der Waals surface area contributed by atoms with Gasteiger partial charge in [-0.05, 0) is 22.0 Å². The van der Waals surface area contributed by atoms with Crippen molar-refractivity contribution in [3.63, 3.8) is 0 Å². The average molecular weight is 198 g/mol. The first-order chi connectivity index (χ1) is 4.86. The molecule has 0 aromatic heterocycles. The minimum Gasteiger partial charge on any atom is -0.261 e. The zero-order valence-corrected chi connectivity index (χ0v) is 6.62. The largest absolute Gasteiger partial charge is 0.261 e. The van der Waals surface area contributed by atoms with Crippen molar-refractivity contribution in [3.05, 3.63) is 12.3 Å². The molecule has 0 spiro atoms. The lowest BCUT2D eigenvalue weighted by molar-refractivity contribution is 1.09. The lowest BCUT2D eigenvalue weighted by Crippen LogP contribution is -2.17. The maximum Gasteiger partial charge on any atom is 0.156 e. The van der Waals surface area contributed by atoms with Crippen LogP contribution in [0.15, 0.2) is 27.3 Å². The van der Waals surface area contributed by atoms with Crippen LogP contribution in [0.25, 0.3) is 0 Å². The Bertz CT molecular complexity index is 275. The zero-order valence-electron chi connectivity index (χ0n) is 5.03. The van der Waals surface area contributed by atoms with Gasteiger partial charge < -0.3 is 0 Å². The fraction of sp³-hybridized carbons (Fsp3) is 0.167. The second-order valence-electron chi connectivity index (χ2n) is 1.98. The van der Waals surface area contributed by atoms with Gasteiger partial charge in [0.1, 0.15) is 10.7 Å². The van der Waals surface area contributed by atoms with Crippen LogP contribution >= 0.6 is 15.9 Å². The first-order valence-corrected chi connectivity index (χ1v) is 3.67. The molecule has 0 aromatic carbocycles. The van der Waals surface area contributed by atoms with E-state index in [1.165, 1.54) is 0 Å². The predicted octanol–water partition coefficient (Wildman–Crippen LogP) is 1.16. The van der Waals surface area contributed by atoms with E-state index in [0.29, 0.717) is 0 Å². The Kier molecular flexibility index (Phi) is 1.27. The van der Waals surface area contributed by atoms with E-state index >= 15 is 0 Å². The molecule has 0 aliphatic carbocycles. The Labute approximate surface area is 66.4 Å². The molecule has 1 unspecified atom stereocenters. The summed E-state index contributed by atoms with van der Waals surface area (Å²) in [6, 6.07) is 0.0550. The first kappa shape index (κ1) is 5.97. The van der Waals surface area contributed by atoms with Gasteiger partial charge in [0.25, 0.3) is 0 Å². The molecule has 0 aromatic rings. The Morgan fingerprint density at radius 1 is 1.50 bits per heavy atom. The summed E-state index contributed by atoms with van der Waals surface area (Å²) in [7, 11) is 0. The van der Waals surface area contributed by atoms with Crippen LogP contribution < -0.4 is 0 Å². The second-order valence-corrected chi connectivity index (χ2v) is 2.80. The van der Waals surface area contributed by atoms with Crippen molar-refractivity contribution in [1.82, 2.24) is 0 Å². The van der Waals surface area contributed by atoms with Gasteiger partial charge in [-0.1, -0.05) is 0 Å². The number of hydrogen-bond acceptors (Lipinski definition) is 3. The third kappa shape index (κ3) is 0.844. The Hall–Kier alpha value is -0.770.